The van der Waals surface area contributed by atoms with Gasteiger partial charge in [-0.15, -0.1) is 0 Å². The number of amides is 1. The molecule has 1 aliphatic rings. The number of furan rings is 1. The molecule has 2 rings (SSSR count). The molecule has 0 aliphatic carbocycles. The predicted octanol–water partition coefficient (Wildman–Crippen LogP) is -0.533. The number of rotatable bonds is 6. The number of hydrogen-bond donors (Lipinski definition) is 1. The number of ether oxygens (including phenoxy) is 1. The highest BCUT2D eigenvalue weighted by atomic mass is 32.2. The minimum absolute atomic E-state index is 0.132. The average molecular weight is 346 g/mol. The van der Waals surface area contributed by atoms with Crippen LogP contribution in [0.4, 0.5) is 0 Å². The highest BCUT2D eigenvalue weighted by Crippen LogP contribution is 2.13. The molecule has 128 valence electrons. The van der Waals surface area contributed by atoms with E-state index in [0.717, 1.165) is 10.6 Å². The first-order valence-electron chi connectivity index (χ1n) is 6.88. The second-order valence-corrected chi connectivity index (χ2v) is 7.15. The molecule has 1 saturated heterocycles. The van der Waals surface area contributed by atoms with Gasteiger partial charge in [0.05, 0.1) is 25.2 Å². The number of morpholine rings is 1. The van der Waals surface area contributed by atoms with Gasteiger partial charge in [-0.05, 0) is 12.1 Å². The van der Waals surface area contributed by atoms with Gasteiger partial charge in [0.2, 0.25) is 10.0 Å². The lowest BCUT2D eigenvalue weighted by Gasteiger charge is -2.34. The molecule has 9 nitrogen and oxygen atoms in total. The number of carboxylic acid groups (broad SMARTS) is 1. The van der Waals surface area contributed by atoms with Crippen molar-refractivity contribution in [2.75, 3.05) is 39.0 Å². The van der Waals surface area contributed by atoms with Crippen molar-refractivity contribution in [3.05, 3.63) is 24.2 Å². The Morgan fingerprint density at radius 3 is 2.78 bits per heavy atom. The van der Waals surface area contributed by atoms with Crippen LogP contribution < -0.4 is 0 Å². The zero-order valence-electron chi connectivity index (χ0n) is 12.5. The number of carboxylic acids is 1. The van der Waals surface area contributed by atoms with Crippen molar-refractivity contribution in [3.8, 4) is 0 Å². The molecule has 0 radical (unpaired) electrons. The molecule has 1 aromatic heterocycles. The Labute approximate surface area is 133 Å². The topological polar surface area (TPSA) is 117 Å². The van der Waals surface area contributed by atoms with E-state index in [4.69, 9.17) is 14.3 Å². The highest BCUT2D eigenvalue weighted by molar-refractivity contribution is 7.88. The van der Waals surface area contributed by atoms with E-state index in [1.54, 1.807) is 12.1 Å². The standard InChI is InChI=1S/C13H18N2O7S/c1-23(19,20)15(9-12(16)17)8-10-7-14(4-6-21-10)13(18)11-3-2-5-22-11/h2-3,5,10H,4,6-9H2,1H3,(H,16,17)/t10-/m0/s1. The van der Waals surface area contributed by atoms with Gasteiger partial charge in [0, 0.05) is 19.6 Å². The van der Waals surface area contributed by atoms with E-state index in [-0.39, 0.29) is 31.4 Å². The molecule has 2 heterocycles. The molecule has 10 heteroatoms. The molecule has 1 N–H and O–H groups in total. The number of carbonyl (C=O) groups is 2. The van der Waals surface area contributed by atoms with Crippen LogP contribution in [0.25, 0.3) is 0 Å². The van der Waals surface area contributed by atoms with Crippen LogP contribution in [0.2, 0.25) is 0 Å². The fourth-order valence-electron chi connectivity index (χ4n) is 2.27. The molecule has 1 fully saturated rings. The van der Waals surface area contributed by atoms with Crippen LogP contribution in [0.1, 0.15) is 10.6 Å². The Hall–Kier alpha value is -1.91. The van der Waals surface area contributed by atoms with E-state index in [9.17, 15) is 18.0 Å². The summed E-state index contributed by atoms with van der Waals surface area (Å²) >= 11 is 0. The number of nitrogens with zero attached hydrogens (tertiary/aromatic N) is 2. The molecule has 1 aromatic rings. The molecule has 1 amide bonds. The third-order valence-corrected chi connectivity index (χ3v) is 4.56. The van der Waals surface area contributed by atoms with Gasteiger partial charge in [-0.3, -0.25) is 9.59 Å². The summed E-state index contributed by atoms with van der Waals surface area (Å²) in [4.78, 5) is 24.5. The van der Waals surface area contributed by atoms with Gasteiger partial charge in [0.25, 0.3) is 5.91 Å². The van der Waals surface area contributed by atoms with Gasteiger partial charge in [0.1, 0.15) is 6.54 Å². The summed E-state index contributed by atoms with van der Waals surface area (Å²) in [7, 11) is -3.69. The maximum absolute atomic E-state index is 12.2. The van der Waals surface area contributed by atoms with E-state index >= 15 is 0 Å². The number of aliphatic carboxylic acids is 1. The first-order valence-corrected chi connectivity index (χ1v) is 8.73. The Bertz CT molecular complexity index is 656. The molecular weight excluding hydrogens is 328 g/mol. The van der Waals surface area contributed by atoms with Crippen molar-refractivity contribution in [2.24, 2.45) is 0 Å². The van der Waals surface area contributed by atoms with E-state index in [1.807, 2.05) is 0 Å². The SMILES string of the molecule is CS(=O)(=O)N(CC(=O)O)C[C@@H]1CN(C(=O)c2ccco2)CCO1. The molecule has 0 saturated carbocycles. The molecule has 0 bridgehead atoms. The minimum Gasteiger partial charge on any atom is -0.480 e. The van der Waals surface area contributed by atoms with E-state index in [2.05, 4.69) is 0 Å². The van der Waals surface area contributed by atoms with Crippen molar-refractivity contribution < 1.29 is 32.3 Å². The zero-order chi connectivity index (χ0) is 17.0. The molecular formula is C13H18N2O7S. The van der Waals surface area contributed by atoms with Crippen LogP contribution in [-0.4, -0.2) is 79.8 Å². The lowest BCUT2D eigenvalue weighted by atomic mass is 10.2. The van der Waals surface area contributed by atoms with Gasteiger partial charge >= 0.3 is 5.97 Å². The van der Waals surface area contributed by atoms with Gasteiger partial charge in [-0.1, -0.05) is 0 Å². The lowest BCUT2D eigenvalue weighted by Crippen LogP contribution is -2.51. The molecule has 0 aromatic carbocycles. The predicted molar refractivity (Wildman–Crippen MR) is 78.4 cm³/mol. The minimum atomic E-state index is -3.69. The van der Waals surface area contributed by atoms with Crippen LogP contribution in [-0.2, 0) is 19.6 Å². The largest absolute Gasteiger partial charge is 0.480 e. The number of carbonyl (C=O) groups excluding carboxylic acids is 1. The zero-order valence-corrected chi connectivity index (χ0v) is 13.4. The third-order valence-electron chi connectivity index (χ3n) is 3.35. The van der Waals surface area contributed by atoms with Crippen LogP contribution in [0.15, 0.2) is 22.8 Å². The third kappa shape index (κ3) is 4.78. The Balaban J connectivity index is 2.02. The quantitative estimate of drug-likeness (QED) is 0.735. The maximum atomic E-state index is 12.2. The monoisotopic (exact) mass is 346 g/mol. The summed E-state index contributed by atoms with van der Waals surface area (Å²) in [5.41, 5.74) is 0. The van der Waals surface area contributed by atoms with E-state index < -0.39 is 28.6 Å². The van der Waals surface area contributed by atoms with E-state index in [1.165, 1.54) is 11.2 Å². The van der Waals surface area contributed by atoms with Crippen molar-refractivity contribution in [2.45, 2.75) is 6.10 Å². The van der Waals surface area contributed by atoms with Gasteiger partial charge in [-0.2, -0.15) is 4.31 Å². The van der Waals surface area contributed by atoms with Crippen LogP contribution >= 0.6 is 0 Å². The summed E-state index contributed by atoms with van der Waals surface area (Å²) in [5.74, 6) is -1.38. The smallest absolute Gasteiger partial charge is 0.318 e. The summed E-state index contributed by atoms with van der Waals surface area (Å²) < 4.78 is 34.6. The van der Waals surface area contributed by atoms with Crippen LogP contribution in [0.5, 0.6) is 0 Å². The Morgan fingerprint density at radius 2 is 2.22 bits per heavy atom. The molecule has 1 aliphatic heterocycles. The second kappa shape index (κ2) is 7.11. The first-order chi connectivity index (χ1) is 10.8. The Kier molecular flexibility index (Phi) is 5.39. The number of sulfonamides is 1. The number of hydrogen-bond acceptors (Lipinski definition) is 6. The normalized spacial score (nSPS) is 19.0. The van der Waals surface area contributed by atoms with Gasteiger partial charge < -0.3 is 19.2 Å². The average Bonchev–Trinajstić information content (AvgIpc) is 2.99. The van der Waals surface area contributed by atoms with Crippen molar-refractivity contribution in [1.29, 1.82) is 0 Å². The molecule has 1 atom stereocenters. The summed E-state index contributed by atoms with van der Waals surface area (Å²) in [6, 6.07) is 3.14. The molecule has 0 spiro atoms. The van der Waals surface area contributed by atoms with E-state index in [0.29, 0.717) is 6.54 Å². The second-order valence-electron chi connectivity index (χ2n) is 5.17. The Morgan fingerprint density at radius 1 is 1.48 bits per heavy atom. The van der Waals surface area contributed by atoms with Crippen molar-refractivity contribution >= 4 is 21.9 Å². The fourth-order valence-corrected chi connectivity index (χ4v) is 3.05. The first kappa shape index (κ1) is 17.4. The highest BCUT2D eigenvalue weighted by Gasteiger charge is 2.30. The van der Waals surface area contributed by atoms with Crippen LogP contribution in [0, 0.1) is 0 Å². The summed E-state index contributed by atoms with van der Waals surface area (Å²) in [6.45, 7) is -0.0291. The van der Waals surface area contributed by atoms with Crippen LogP contribution in [0.3, 0.4) is 0 Å². The molecule has 0 unspecified atom stereocenters. The lowest BCUT2D eigenvalue weighted by molar-refractivity contribution is -0.137. The summed E-state index contributed by atoms with van der Waals surface area (Å²) in [6.07, 6.45) is 1.73. The summed E-state index contributed by atoms with van der Waals surface area (Å²) in [5, 5.41) is 8.82. The fraction of sp³-hybridized carbons (Fsp3) is 0.538. The van der Waals surface area contributed by atoms with Crippen molar-refractivity contribution in [3.63, 3.8) is 0 Å². The van der Waals surface area contributed by atoms with Crippen molar-refractivity contribution in [1.82, 2.24) is 9.21 Å². The van der Waals surface area contributed by atoms with Gasteiger partial charge in [0.15, 0.2) is 5.76 Å². The molecule has 23 heavy (non-hydrogen) atoms. The van der Waals surface area contributed by atoms with Gasteiger partial charge in [-0.25, -0.2) is 8.42 Å². The maximum Gasteiger partial charge on any atom is 0.318 e.